The second-order valence-corrected chi connectivity index (χ2v) is 4.81. The molecule has 1 aromatic carbocycles. The van der Waals surface area contributed by atoms with Gasteiger partial charge in [0.1, 0.15) is 5.75 Å². The molecule has 1 amide bonds. The second kappa shape index (κ2) is 8.83. The van der Waals surface area contributed by atoms with Gasteiger partial charge in [0.15, 0.2) is 0 Å². The maximum absolute atomic E-state index is 11.6. The number of rotatable bonds is 8. The van der Waals surface area contributed by atoms with E-state index in [1.807, 2.05) is 31.2 Å². The highest BCUT2D eigenvalue weighted by molar-refractivity contribution is 7.99. The Morgan fingerprint density at radius 1 is 1.39 bits per heavy atom. The molecule has 4 nitrogen and oxygen atoms in total. The van der Waals surface area contributed by atoms with Crippen molar-refractivity contribution in [1.29, 1.82) is 0 Å². The van der Waals surface area contributed by atoms with E-state index >= 15 is 0 Å². The molecule has 0 aliphatic rings. The van der Waals surface area contributed by atoms with Gasteiger partial charge in [-0.1, -0.05) is 0 Å². The normalized spacial score (nSPS) is 10.1. The molecule has 0 saturated carbocycles. The Labute approximate surface area is 112 Å². The van der Waals surface area contributed by atoms with E-state index in [0.29, 0.717) is 18.9 Å². The number of carbonyl (C=O) groups is 1. The molecule has 0 saturated heterocycles. The quantitative estimate of drug-likeness (QED) is 0.709. The maximum atomic E-state index is 11.6. The van der Waals surface area contributed by atoms with Crippen LogP contribution in [0.15, 0.2) is 24.3 Å². The largest absolute Gasteiger partial charge is 0.494 e. The molecule has 0 atom stereocenters. The van der Waals surface area contributed by atoms with Crippen LogP contribution in [0.2, 0.25) is 0 Å². The lowest BCUT2D eigenvalue weighted by atomic mass is 10.3. The van der Waals surface area contributed by atoms with E-state index in [-0.39, 0.29) is 5.91 Å². The minimum Gasteiger partial charge on any atom is -0.494 e. The standard InChI is InChI=1S/C13H20N2O2S/c1-2-17-12-6-4-11(5-7-12)15-13(16)10-18-9-3-8-14/h4-7H,2-3,8-10,14H2,1H3,(H,15,16). The lowest BCUT2D eigenvalue weighted by Gasteiger charge is -2.07. The summed E-state index contributed by atoms with van der Waals surface area (Å²) >= 11 is 1.60. The van der Waals surface area contributed by atoms with Gasteiger partial charge < -0.3 is 15.8 Å². The van der Waals surface area contributed by atoms with Crippen molar-refractivity contribution in [3.05, 3.63) is 24.3 Å². The molecule has 0 radical (unpaired) electrons. The molecule has 0 bridgehead atoms. The third-order valence-electron chi connectivity index (χ3n) is 2.18. The Balaban J connectivity index is 2.30. The van der Waals surface area contributed by atoms with Crippen LogP contribution >= 0.6 is 11.8 Å². The molecule has 0 spiro atoms. The van der Waals surface area contributed by atoms with Gasteiger partial charge in [-0.15, -0.1) is 0 Å². The number of ether oxygens (including phenoxy) is 1. The number of benzene rings is 1. The zero-order valence-electron chi connectivity index (χ0n) is 10.6. The van der Waals surface area contributed by atoms with E-state index in [4.69, 9.17) is 10.5 Å². The van der Waals surface area contributed by atoms with E-state index in [0.717, 1.165) is 23.6 Å². The minimum atomic E-state index is 0.0150. The molecule has 0 heterocycles. The van der Waals surface area contributed by atoms with Crippen molar-refractivity contribution in [1.82, 2.24) is 0 Å². The highest BCUT2D eigenvalue weighted by atomic mass is 32.2. The van der Waals surface area contributed by atoms with Gasteiger partial charge >= 0.3 is 0 Å². The first-order chi connectivity index (χ1) is 8.76. The lowest BCUT2D eigenvalue weighted by Crippen LogP contribution is -2.14. The Morgan fingerprint density at radius 3 is 2.72 bits per heavy atom. The molecule has 3 N–H and O–H groups in total. The van der Waals surface area contributed by atoms with Gasteiger partial charge in [0, 0.05) is 5.69 Å². The van der Waals surface area contributed by atoms with Gasteiger partial charge in [0.2, 0.25) is 5.91 Å². The van der Waals surface area contributed by atoms with Crippen molar-refractivity contribution >= 4 is 23.4 Å². The van der Waals surface area contributed by atoms with Crippen molar-refractivity contribution < 1.29 is 9.53 Å². The maximum Gasteiger partial charge on any atom is 0.234 e. The lowest BCUT2D eigenvalue weighted by molar-refractivity contribution is -0.113. The average Bonchev–Trinajstić information content (AvgIpc) is 2.37. The predicted molar refractivity (Wildman–Crippen MR) is 77.2 cm³/mol. The molecule has 1 aromatic rings. The van der Waals surface area contributed by atoms with E-state index in [1.165, 1.54) is 0 Å². The van der Waals surface area contributed by atoms with Gasteiger partial charge in [0.25, 0.3) is 0 Å². The number of hydrogen-bond donors (Lipinski definition) is 2. The first kappa shape index (κ1) is 14.9. The number of carbonyl (C=O) groups excluding carboxylic acids is 1. The van der Waals surface area contributed by atoms with Crippen molar-refractivity contribution in [3.63, 3.8) is 0 Å². The molecule has 5 heteroatoms. The predicted octanol–water partition coefficient (Wildman–Crippen LogP) is 2.11. The average molecular weight is 268 g/mol. The molecule has 0 unspecified atom stereocenters. The third kappa shape index (κ3) is 5.93. The summed E-state index contributed by atoms with van der Waals surface area (Å²) in [4.78, 5) is 11.6. The molecule has 0 aromatic heterocycles. The summed E-state index contributed by atoms with van der Waals surface area (Å²) in [7, 11) is 0. The first-order valence-electron chi connectivity index (χ1n) is 6.06. The molecule has 0 aliphatic carbocycles. The molecule has 18 heavy (non-hydrogen) atoms. The Kier molecular flexibility index (Phi) is 7.29. The molecular weight excluding hydrogens is 248 g/mol. The SMILES string of the molecule is CCOc1ccc(NC(=O)CSCCCN)cc1. The Hall–Kier alpha value is -1.20. The van der Waals surface area contributed by atoms with Crippen LogP contribution in [-0.2, 0) is 4.79 Å². The van der Waals surface area contributed by atoms with E-state index in [2.05, 4.69) is 5.32 Å². The zero-order valence-corrected chi connectivity index (χ0v) is 11.5. The van der Waals surface area contributed by atoms with Crippen LogP contribution in [0, 0.1) is 0 Å². The summed E-state index contributed by atoms with van der Waals surface area (Å²) < 4.78 is 5.33. The van der Waals surface area contributed by atoms with Crippen molar-refractivity contribution in [2.75, 3.05) is 30.0 Å². The number of anilines is 1. The summed E-state index contributed by atoms with van der Waals surface area (Å²) in [5.74, 6) is 2.22. The summed E-state index contributed by atoms with van der Waals surface area (Å²) in [5.41, 5.74) is 6.18. The number of nitrogens with one attached hydrogen (secondary N) is 1. The summed E-state index contributed by atoms with van der Waals surface area (Å²) in [6, 6.07) is 7.38. The Bertz CT molecular complexity index is 355. The summed E-state index contributed by atoms with van der Waals surface area (Å²) in [5, 5.41) is 2.84. The third-order valence-corrected chi connectivity index (χ3v) is 3.22. The number of amides is 1. The summed E-state index contributed by atoms with van der Waals surface area (Å²) in [6.45, 7) is 3.26. The van der Waals surface area contributed by atoms with Gasteiger partial charge in [-0.2, -0.15) is 11.8 Å². The molecular formula is C13H20N2O2S. The van der Waals surface area contributed by atoms with Gasteiger partial charge in [-0.3, -0.25) is 4.79 Å². The Morgan fingerprint density at radius 2 is 2.11 bits per heavy atom. The topological polar surface area (TPSA) is 64.3 Å². The smallest absolute Gasteiger partial charge is 0.234 e. The fraction of sp³-hybridized carbons (Fsp3) is 0.462. The minimum absolute atomic E-state index is 0.0150. The monoisotopic (exact) mass is 268 g/mol. The zero-order chi connectivity index (χ0) is 13.2. The summed E-state index contributed by atoms with van der Waals surface area (Å²) in [6.07, 6.45) is 0.945. The van der Waals surface area contributed by atoms with Crippen LogP contribution in [0.5, 0.6) is 5.75 Å². The molecule has 0 aliphatic heterocycles. The van der Waals surface area contributed by atoms with Crippen LogP contribution in [0.25, 0.3) is 0 Å². The van der Waals surface area contributed by atoms with Gasteiger partial charge in [-0.25, -0.2) is 0 Å². The van der Waals surface area contributed by atoms with Crippen molar-refractivity contribution in [2.45, 2.75) is 13.3 Å². The van der Waals surface area contributed by atoms with Crippen LogP contribution in [0.4, 0.5) is 5.69 Å². The van der Waals surface area contributed by atoms with Crippen LogP contribution < -0.4 is 15.8 Å². The number of thioether (sulfide) groups is 1. The van der Waals surface area contributed by atoms with E-state index in [1.54, 1.807) is 11.8 Å². The number of hydrogen-bond acceptors (Lipinski definition) is 4. The van der Waals surface area contributed by atoms with Crippen molar-refractivity contribution in [3.8, 4) is 5.75 Å². The second-order valence-electron chi connectivity index (χ2n) is 3.70. The van der Waals surface area contributed by atoms with Crippen molar-refractivity contribution in [2.24, 2.45) is 5.73 Å². The van der Waals surface area contributed by atoms with E-state index in [9.17, 15) is 4.79 Å². The van der Waals surface area contributed by atoms with Crippen LogP contribution in [-0.4, -0.2) is 30.6 Å². The number of nitrogens with two attached hydrogens (primary N) is 1. The van der Waals surface area contributed by atoms with E-state index < -0.39 is 0 Å². The van der Waals surface area contributed by atoms with Gasteiger partial charge in [0.05, 0.1) is 12.4 Å². The van der Waals surface area contributed by atoms with Gasteiger partial charge in [-0.05, 0) is 49.9 Å². The molecule has 100 valence electrons. The molecule has 0 fully saturated rings. The highest BCUT2D eigenvalue weighted by Crippen LogP contribution is 2.15. The van der Waals surface area contributed by atoms with Crippen LogP contribution in [0.1, 0.15) is 13.3 Å². The first-order valence-corrected chi connectivity index (χ1v) is 7.22. The fourth-order valence-corrected chi connectivity index (χ4v) is 2.12. The van der Waals surface area contributed by atoms with Crippen LogP contribution in [0.3, 0.4) is 0 Å². The highest BCUT2D eigenvalue weighted by Gasteiger charge is 2.02. The molecule has 1 rings (SSSR count). The fourth-order valence-electron chi connectivity index (χ4n) is 1.35.